The Bertz CT molecular complexity index is 709. The van der Waals surface area contributed by atoms with E-state index in [1.165, 1.54) is 0 Å². The number of hydrogen-bond acceptors (Lipinski definition) is 3. The predicted molar refractivity (Wildman–Crippen MR) is 84.2 cm³/mol. The Morgan fingerprint density at radius 1 is 1.24 bits per heavy atom. The summed E-state index contributed by atoms with van der Waals surface area (Å²) in [6, 6.07) is 11.4. The van der Waals surface area contributed by atoms with E-state index >= 15 is 0 Å². The van der Waals surface area contributed by atoms with Gasteiger partial charge in [0.2, 0.25) is 0 Å². The van der Waals surface area contributed by atoms with Crippen LogP contribution < -0.4 is 9.47 Å². The first kappa shape index (κ1) is 14.1. The molecule has 1 heterocycles. The molecule has 1 atom stereocenters. The molecule has 4 heteroatoms. The standard InChI is InChI=1S/C17H15BrO3/c1-10-3-5-16-12(7-10)14(19)9-17(21-16)13-8-11(18)4-6-15(13)20-2/h3-8,17H,9H2,1-2H3. The summed E-state index contributed by atoms with van der Waals surface area (Å²) < 4.78 is 12.3. The highest BCUT2D eigenvalue weighted by Gasteiger charge is 2.29. The first-order chi connectivity index (χ1) is 10.1. The summed E-state index contributed by atoms with van der Waals surface area (Å²) in [7, 11) is 1.62. The van der Waals surface area contributed by atoms with E-state index in [1.807, 2.05) is 43.3 Å². The minimum absolute atomic E-state index is 0.104. The van der Waals surface area contributed by atoms with E-state index in [9.17, 15) is 4.79 Å². The second-order valence-corrected chi connectivity index (χ2v) is 6.04. The van der Waals surface area contributed by atoms with Crippen molar-refractivity contribution < 1.29 is 14.3 Å². The molecule has 2 aromatic carbocycles. The average molecular weight is 347 g/mol. The van der Waals surface area contributed by atoms with Gasteiger partial charge in [-0.25, -0.2) is 0 Å². The molecule has 0 saturated heterocycles. The van der Waals surface area contributed by atoms with E-state index in [-0.39, 0.29) is 11.9 Å². The number of methoxy groups -OCH3 is 1. The average Bonchev–Trinajstić information content (AvgIpc) is 2.47. The molecule has 3 nitrogen and oxygen atoms in total. The molecular weight excluding hydrogens is 332 g/mol. The fourth-order valence-electron chi connectivity index (χ4n) is 2.57. The van der Waals surface area contributed by atoms with Gasteiger partial charge in [-0.15, -0.1) is 0 Å². The molecule has 1 aliphatic heterocycles. The maximum absolute atomic E-state index is 12.4. The zero-order valence-electron chi connectivity index (χ0n) is 11.9. The Morgan fingerprint density at radius 2 is 2.05 bits per heavy atom. The summed E-state index contributed by atoms with van der Waals surface area (Å²) in [4.78, 5) is 12.4. The summed E-state index contributed by atoms with van der Waals surface area (Å²) in [5.74, 6) is 1.47. The molecule has 0 spiro atoms. The molecule has 2 aromatic rings. The van der Waals surface area contributed by atoms with Crippen molar-refractivity contribution in [3.63, 3.8) is 0 Å². The van der Waals surface area contributed by atoms with Crippen LogP contribution in [0.3, 0.4) is 0 Å². The second kappa shape index (κ2) is 5.53. The Morgan fingerprint density at radius 3 is 2.81 bits per heavy atom. The van der Waals surface area contributed by atoms with Crippen LogP contribution in [0.5, 0.6) is 11.5 Å². The van der Waals surface area contributed by atoms with Crippen molar-refractivity contribution in [3.05, 3.63) is 57.6 Å². The molecule has 0 radical (unpaired) electrons. The maximum atomic E-state index is 12.4. The van der Waals surface area contributed by atoms with Crippen LogP contribution in [0.2, 0.25) is 0 Å². The minimum atomic E-state index is -0.319. The molecular formula is C17H15BrO3. The highest BCUT2D eigenvalue weighted by atomic mass is 79.9. The molecule has 21 heavy (non-hydrogen) atoms. The molecule has 0 amide bonds. The van der Waals surface area contributed by atoms with Gasteiger partial charge in [0.25, 0.3) is 0 Å². The highest BCUT2D eigenvalue weighted by Crippen LogP contribution is 2.39. The second-order valence-electron chi connectivity index (χ2n) is 5.12. The fourth-order valence-corrected chi connectivity index (χ4v) is 2.95. The quantitative estimate of drug-likeness (QED) is 0.804. The van der Waals surface area contributed by atoms with Crippen molar-refractivity contribution in [2.45, 2.75) is 19.4 Å². The summed E-state index contributed by atoms with van der Waals surface area (Å²) >= 11 is 3.45. The van der Waals surface area contributed by atoms with Crippen molar-refractivity contribution >= 4 is 21.7 Å². The number of ether oxygens (including phenoxy) is 2. The lowest BCUT2D eigenvalue weighted by atomic mass is 9.95. The number of ketones is 1. The van der Waals surface area contributed by atoms with E-state index < -0.39 is 0 Å². The van der Waals surface area contributed by atoms with Crippen LogP contribution in [-0.4, -0.2) is 12.9 Å². The van der Waals surface area contributed by atoms with E-state index in [4.69, 9.17) is 9.47 Å². The van der Waals surface area contributed by atoms with Gasteiger partial charge in [0.05, 0.1) is 19.1 Å². The van der Waals surface area contributed by atoms with Crippen molar-refractivity contribution in [2.75, 3.05) is 7.11 Å². The summed E-state index contributed by atoms with van der Waals surface area (Å²) in [5.41, 5.74) is 2.61. The van der Waals surface area contributed by atoms with Gasteiger partial charge in [0.1, 0.15) is 17.6 Å². The van der Waals surface area contributed by atoms with Gasteiger partial charge in [-0.3, -0.25) is 4.79 Å². The lowest BCUT2D eigenvalue weighted by Gasteiger charge is -2.27. The number of benzene rings is 2. The van der Waals surface area contributed by atoms with E-state index in [0.717, 1.165) is 21.3 Å². The van der Waals surface area contributed by atoms with Gasteiger partial charge in [-0.1, -0.05) is 27.6 Å². The molecule has 0 fully saturated rings. The molecule has 108 valence electrons. The summed E-state index contributed by atoms with van der Waals surface area (Å²) in [5, 5.41) is 0. The zero-order chi connectivity index (χ0) is 15.0. The third kappa shape index (κ3) is 2.68. The monoisotopic (exact) mass is 346 g/mol. The molecule has 1 aliphatic rings. The first-order valence-corrected chi connectivity index (χ1v) is 7.51. The van der Waals surface area contributed by atoms with Gasteiger partial charge >= 0.3 is 0 Å². The molecule has 0 N–H and O–H groups in total. The Kier molecular flexibility index (Phi) is 3.72. The maximum Gasteiger partial charge on any atom is 0.170 e. The van der Waals surface area contributed by atoms with Crippen LogP contribution in [-0.2, 0) is 0 Å². The Hall–Kier alpha value is -1.81. The minimum Gasteiger partial charge on any atom is -0.496 e. The summed E-state index contributed by atoms with van der Waals surface area (Å²) in [6.07, 6.45) is 0.00339. The van der Waals surface area contributed by atoms with Gasteiger partial charge < -0.3 is 9.47 Å². The van der Waals surface area contributed by atoms with Crippen LogP contribution in [0.15, 0.2) is 40.9 Å². The highest BCUT2D eigenvalue weighted by molar-refractivity contribution is 9.10. The van der Waals surface area contributed by atoms with E-state index in [1.54, 1.807) is 7.11 Å². The number of Topliss-reactive ketones (excluding diaryl/α,β-unsaturated/α-hetero) is 1. The normalized spacial score (nSPS) is 17.1. The first-order valence-electron chi connectivity index (χ1n) is 6.72. The largest absolute Gasteiger partial charge is 0.496 e. The summed E-state index contributed by atoms with van der Waals surface area (Å²) in [6.45, 7) is 1.97. The van der Waals surface area contributed by atoms with Crippen molar-refractivity contribution in [3.8, 4) is 11.5 Å². The van der Waals surface area contributed by atoms with E-state index in [0.29, 0.717) is 17.7 Å². The molecule has 0 aromatic heterocycles. The number of carbonyl (C=O) groups is 1. The number of aryl methyl sites for hydroxylation is 1. The van der Waals surface area contributed by atoms with E-state index in [2.05, 4.69) is 15.9 Å². The van der Waals surface area contributed by atoms with Crippen LogP contribution in [0, 0.1) is 6.92 Å². The molecule has 1 unspecified atom stereocenters. The van der Waals surface area contributed by atoms with Crippen LogP contribution >= 0.6 is 15.9 Å². The topological polar surface area (TPSA) is 35.5 Å². The molecule has 0 aliphatic carbocycles. The third-order valence-corrected chi connectivity index (χ3v) is 4.11. The zero-order valence-corrected chi connectivity index (χ0v) is 13.4. The van der Waals surface area contributed by atoms with Crippen molar-refractivity contribution in [1.82, 2.24) is 0 Å². The van der Waals surface area contributed by atoms with Crippen LogP contribution in [0.25, 0.3) is 0 Å². The smallest absolute Gasteiger partial charge is 0.170 e. The SMILES string of the molecule is COc1ccc(Br)cc1C1CC(=O)c2cc(C)ccc2O1. The molecule has 0 bridgehead atoms. The van der Waals surface area contributed by atoms with Gasteiger partial charge in [0.15, 0.2) is 5.78 Å². The lowest BCUT2D eigenvalue weighted by molar-refractivity contribution is 0.0847. The van der Waals surface area contributed by atoms with Crippen molar-refractivity contribution in [1.29, 1.82) is 0 Å². The molecule has 3 rings (SSSR count). The van der Waals surface area contributed by atoms with Crippen LogP contribution in [0.1, 0.15) is 34.0 Å². The lowest BCUT2D eigenvalue weighted by Crippen LogP contribution is -2.21. The fraction of sp³-hybridized carbons (Fsp3) is 0.235. The van der Waals surface area contributed by atoms with Crippen LogP contribution in [0.4, 0.5) is 0 Å². The number of hydrogen-bond donors (Lipinski definition) is 0. The van der Waals surface area contributed by atoms with Crippen molar-refractivity contribution in [2.24, 2.45) is 0 Å². The predicted octanol–water partition coefficient (Wildman–Crippen LogP) is 4.47. The van der Waals surface area contributed by atoms with Gasteiger partial charge in [0, 0.05) is 10.0 Å². The van der Waals surface area contributed by atoms with Gasteiger partial charge in [-0.05, 0) is 37.3 Å². The number of fused-ring (bicyclic) bond motifs is 1. The molecule has 0 saturated carbocycles. The number of rotatable bonds is 2. The Labute approximate surface area is 132 Å². The van der Waals surface area contributed by atoms with Gasteiger partial charge in [-0.2, -0.15) is 0 Å². The third-order valence-electron chi connectivity index (χ3n) is 3.61. The Balaban J connectivity index is 2.01. The number of carbonyl (C=O) groups excluding carboxylic acids is 1. The number of halogens is 1.